The quantitative estimate of drug-likeness (QED) is 0.876. The summed E-state index contributed by atoms with van der Waals surface area (Å²) in [6, 6.07) is 3.56. The van der Waals surface area contributed by atoms with Gasteiger partial charge in [0.1, 0.15) is 0 Å². The highest BCUT2D eigenvalue weighted by atomic mass is 32.2. The summed E-state index contributed by atoms with van der Waals surface area (Å²) in [6.07, 6.45) is 3.24. The lowest BCUT2D eigenvalue weighted by atomic mass is 10.2. The molecule has 1 unspecified atom stereocenters. The zero-order valence-electron chi connectivity index (χ0n) is 9.72. The van der Waals surface area contributed by atoms with Gasteiger partial charge in [-0.25, -0.2) is 13.4 Å². The van der Waals surface area contributed by atoms with Gasteiger partial charge in [0, 0.05) is 24.0 Å². The number of sulfone groups is 1. The molecule has 1 aromatic heterocycles. The van der Waals surface area contributed by atoms with Gasteiger partial charge in [0.15, 0.2) is 9.84 Å². The number of aromatic nitrogens is 1. The lowest BCUT2D eigenvalue weighted by Crippen LogP contribution is -2.34. The van der Waals surface area contributed by atoms with Crippen LogP contribution in [0.4, 0.5) is 5.69 Å². The molecule has 1 N–H and O–H groups in total. The van der Waals surface area contributed by atoms with E-state index < -0.39 is 9.84 Å². The molecule has 1 saturated heterocycles. The SMILES string of the molecule is COc1cc(NC2CCCS(=O)(=O)C2)ccn1. The van der Waals surface area contributed by atoms with Crippen molar-refractivity contribution >= 4 is 15.5 Å². The van der Waals surface area contributed by atoms with E-state index in [1.54, 1.807) is 19.4 Å². The van der Waals surface area contributed by atoms with E-state index in [0.717, 1.165) is 18.5 Å². The molecular formula is C11H16N2O3S. The van der Waals surface area contributed by atoms with Crippen LogP contribution in [0.25, 0.3) is 0 Å². The number of anilines is 1. The number of methoxy groups -OCH3 is 1. The van der Waals surface area contributed by atoms with E-state index in [1.807, 2.05) is 6.07 Å². The number of hydrogen-bond acceptors (Lipinski definition) is 5. The Balaban J connectivity index is 2.05. The van der Waals surface area contributed by atoms with E-state index in [4.69, 9.17) is 4.74 Å². The van der Waals surface area contributed by atoms with Crippen molar-refractivity contribution in [3.05, 3.63) is 18.3 Å². The van der Waals surface area contributed by atoms with Crippen molar-refractivity contribution < 1.29 is 13.2 Å². The van der Waals surface area contributed by atoms with E-state index in [9.17, 15) is 8.42 Å². The fourth-order valence-corrected chi connectivity index (χ4v) is 3.62. The minimum absolute atomic E-state index is 0.0131. The van der Waals surface area contributed by atoms with Gasteiger partial charge in [-0.1, -0.05) is 0 Å². The standard InChI is InChI=1S/C11H16N2O3S/c1-16-11-7-9(4-5-12-11)13-10-3-2-6-17(14,15)8-10/h4-5,7,10H,2-3,6,8H2,1H3,(H,12,13). The topological polar surface area (TPSA) is 68.3 Å². The van der Waals surface area contributed by atoms with E-state index in [0.29, 0.717) is 11.6 Å². The zero-order valence-corrected chi connectivity index (χ0v) is 10.5. The third-order valence-electron chi connectivity index (χ3n) is 2.78. The summed E-state index contributed by atoms with van der Waals surface area (Å²) in [6.45, 7) is 0. The van der Waals surface area contributed by atoms with Crippen LogP contribution >= 0.6 is 0 Å². The predicted octanol–water partition coefficient (Wildman–Crippen LogP) is 1.08. The van der Waals surface area contributed by atoms with Gasteiger partial charge in [-0.15, -0.1) is 0 Å². The average Bonchev–Trinajstić information content (AvgIpc) is 2.28. The maximum Gasteiger partial charge on any atom is 0.214 e. The van der Waals surface area contributed by atoms with Gasteiger partial charge in [-0.3, -0.25) is 0 Å². The van der Waals surface area contributed by atoms with Crippen molar-refractivity contribution in [2.45, 2.75) is 18.9 Å². The second kappa shape index (κ2) is 4.91. The van der Waals surface area contributed by atoms with Crippen LogP contribution in [0.5, 0.6) is 5.88 Å². The third kappa shape index (κ3) is 3.33. The van der Waals surface area contributed by atoms with Crippen molar-refractivity contribution in [2.24, 2.45) is 0 Å². The minimum atomic E-state index is -2.88. The summed E-state index contributed by atoms with van der Waals surface area (Å²) in [7, 11) is -1.32. The molecule has 5 nitrogen and oxygen atoms in total. The fourth-order valence-electron chi connectivity index (χ4n) is 1.98. The molecule has 1 aliphatic rings. The van der Waals surface area contributed by atoms with Crippen molar-refractivity contribution in [1.29, 1.82) is 0 Å². The van der Waals surface area contributed by atoms with Crippen LogP contribution in [0.3, 0.4) is 0 Å². The summed E-state index contributed by atoms with van der Waals surface area (Å²) in [5, 5.41) is 3.21. The van der Waals surface area contributed by atoms with Gasteiger partial charge in [0.2, 0.25) is 5.88 Å². The largest absolute Gasteiger partial charge is 0.481 e. The Labute approximate surface area is 101 Å². The maximum absolute atomic E-state index is 11.5. The van der Waals surface area contributed by atoms with Crippen LogP contribution in [0.15, 0.2) is 18.3 Å². The first-order valence-electron chi connectivity index (χ1n) is 5.56. The lowest BCUT2D eigenvalue weighted by molar-refractivity contribution is 0.398. The Bertz CT molecular complexity index is 487. The Kier molecular flexibility index (Phi) is 3.51. The van der Waals surface area contributed by atoms with Crippen LogP contribution < -0.4 is 10.1 Å². The molecule has 1 atom stereocenters. The molecule has 1 fully saturated rings. The highest BCUT2D eigenvalue weighted by Gasteiger charge is 2.24. The Morgan fingerprint density at radius 2 is 2.35 bits per heavy atom. The first-order chi connectivity index (χ1) is 8.09. The molecule has 0 aromatic carbocycles. The molecule has 2 rings (SSSR count). The van der Waals surface area contributed by atoms with Crippen LogP contribution in [-0.2, 0) is 9.84 Å². The molecule has 0 aliphatic carbocycles. The lowest BCUT2D eigenvalue weighted by Gasteiger charge is -2.24. The summed E-state index contributed by atoms with van der Waals surface area (Å²) < 4.78 is 28.0. The van der Waals surface area contributed by atoms with Crippen molar-refractivity contribution in [1.82, 2.24) is 4.98 Å². The van der Waals surface area contributed by atoms with Crippen LogP contribution in [-0.4, -0.2) is 38.1 Å². The number of nitrogens with one attached hydrogen (secondary N) is 1. The predicted molar refractivity (Wildman–Crippen MR) is 66.1 cm³/mol. The minimum Gasteiger partial charge on any atom is -0.481 e. The Morgan fingerprint density at radius 3 is 3.06 bits per heavy atom. The first kappa shape index (κ1) is 12.2. The average molecular weight is 256 g/mol. The zero-order chi connectivity index (χ0) is 12.3. The third-order valence-corrected chi connectivity index (χ3v) is 4.60. The van der Waals surface area contributed by atoms with Gasteiger partial charge in [0.25, 0.3) is 0 Å². The van der Waals surface area contributed by atoms with Gasteiger partial charge in [-0.2, -0.15) is 0 Å². The summed E-state index contributed by atoms with van der Waals surface area (Å²) in [5.74, 6) is 1.04. The van der Waals surface area contributed by atoms with E-state index in [1.165, 1.54) is 0 Å². The van der Waals surface area contributed by atoms with Gasteiger partial charge >= 0.3 is 0 Å². The molecular weight excluding hydrogens is 240 g/mol. The number of nitrogens with zero attached hydrogens (tertiary/aromatic N) is 1. The molecule has 94 valence electrons. The van der Waals surface area contributed by atoms with E-state index >= 15 is 0 Å². The molecule has 0 spiro atoms. The van der Waals surface area contributed by atoms with E-state index in [-0.39, 0.29) is 11.8 Å². The highest BCUT2D eigenvalue weighted by Crippen LogP contribution is 2.19. The maximum atomic E-state index is 11.5. The highest BCUT2D eigenvalue weighted by molar-refractivity contribution is 7.91. The Morgan fingerprint density at radius 1 is 1.53 bits per heavy atom. The second-order valence-corrected chi connectivity index (χ2v) is 6.41. The molecule has 6 heteroatoms. The summed E-state index contributed by atoms with van der Waals surface area (Å²) >= 11 is 0. The summed E-state index contributed by atoms with van der Waals surface area (Å²) in [4.78, 5) is 4.00. The molecule has 0 bridgehead atoms. The summed E-state index contributed by atoms with van der Waals surface area (Å²) in [5.41, 5.74) is 0.846. The van der Waals surface area contributed by atoms with Crippen LogP contribution in [0, 0.1) is 0 Å². The Hall–Kier alpha value is -1.30. The van der Waals surface area contributed by atoms with Crippen molar-refractivity contribution in [3.63, 3.8) is 0 Å². The molecule has 0 saturated carbocycles. The van der Waals surface area contributed by atoms with Gasteiger partial charge in [-0.05, 0) is 18.9 Å². The molecule has 0 radical (unpaired) electrons. The molecule has 0 amide bonds. The number of rotatable bonds is 3. The fraction of sp³-hybridized carbons (Fsp3) is 0.545. The smallest absolute Gasteiger partial charge is 0.214 e. The molecule has 1 aromatic rings. The molecule has 17 heavy (non-hydrogen) atoms. The number of hydrogen-bond donors (Lipinski definition) is 1. The first-order valence-corrected chi connectivity index (χ1v) is 7.38. The van der Waals surface area contributed by atoms with E-state index in [2.05, 4.69) is 10.3 Å². The van der Waals surface area contributed by atoms with Gasteiger partial charge < -0.3 is 10.1 Å². The second-order valence-electron chi connectivity index (χ2n) is 4.18. The molecule has 2 heterocycles. The molecule has 1 aliphatic heterocycles. The number of ether oxygens (including phenoxy) is 1. The number of pyridine rings is 1. The van der Waals surface area contributed by atoms with Crippen molar-refractivity contribution in [2.75, 3.05) is 23.9 Å². The van der Waals surface area contributed by atoms with Crippen LogP contribution in [0.2, 0.25) is 0 Å². The van der Waals surface area contributed by atoms with Gasteiger partial charge in [0.05, 0.1) is 18.6 Å². The van der Waals surface area contributed by atoms with Crippen LogP contribution in [0.1, 0.15) is 12.8 Å². The monoisotopic (exact) mass is 256 g/mol. The normalized spacial score (nSPS) is 23.0. The van der Waals surface area contributed by atoms with Crippen molar-refractivity contribution in [3.8, 4) is 5.88 Å².